The minimum atomic E-state index is 1.07. The monoisotopic (exact) mass is 1110 g/mol. The molecule has 14 aromatic carbocycles. The smallest absolute Gasteiger partial charge is 0.0541 e. The molecule has 0 unspecified atom stereocenters. The van der Waals surface area contributed by atoms with Gasteiger partial charge in [0.2, 0.25) is 0 Å². The molecule has 0 saturated heterocycles. The third kappa shape index (κ3) is 9.54. The first-order valence-electron chi connectivity index (χ1n) is 29.9. The molecule has 0 aliphatic rings. The Morgan fingerprint density at radius 1 is 0.161 bits per heavy atom. The molecule has 0 aliphatic heterocycles. The van der Waals surface area contributed by atoms with Crippen molar-refractivity contribution < 1.29 is 0 Å². The van der Waals surface area contributed by atoms with Gasteiger partial charge in [0, 0.05) is 50.0 Å². The lowest BCUT2D eigenvalue weighted by Gasteiger charge is -2.26. The normalized spacial score (nSPS) is 11.4. The second kappa shape index (κ2) is 21.9. The Hall–Kier alpha value is -11.5. The van der Waals surface area contributed by atoms with Crippen molar-refractivity contribution >= 4 is 60.7 Å². The second-order valence-corrected chi connectivity index (χ2v) is 22.5. The zero-order valence-electron chi connectivity index (χ0n) is 47.8. The summed E-state index contributed by atoms with van der Waals surface area (Å²) in [6.45, 7) is 0. The van der Waals surface area contributed by atoms with Gasteiger partial charge in [-0.15, -0.1) is 0 Å². The number of aromatic nitrogens is 2. The van der Waals surface area contributed by atoms with Crippen LogP contribution in [-0.4, -0.2) is 9.13 Å². The van der Waals surface area contributed by atoms with Gasteiger partial charge in [0.25, 0.3) is 0 Å². The fourth-order valence-electron chi connectivity index (χ4n) is 13.0. The van der Waals surface area contributed by atoms with E-state index in [0.717, 1.165) is 50.7 Å². The van der Waals surface area contributed by atoms with E-state index in [4.69, 9.17) is 0 Å². The highest BCUT2D eigenvalue weighted by Gasteiger charge is 2.18. The van der Waals surface area contributed by atoms with Crippen LogP contribution in [0.15, 0.2) is 346 Å². The molecule has 0 spiro atoms. The van der Waals surface area contributed by atoms with Gasteiger partial charge < -0.3 is 14.0 Å². The summed E-state index contributed by atoms with van der Waals surface area (Å²) in [7, 11) is 0. The zero-order valence-corrected chi connectivity index (χ0v) is 47.8. The highest BCUT2D eigenvalue weighted by atomic mass is 15.1. The van der Waals surface area contributed by atoms with Crippen molar-refractivity contribution in [3.05, 3.63) is 346 Å². The van der Waals surface area contributed by atoms with Gasteiger partial charge in [-0.2, -0.15) is 0 Å². The molecule has 3 nitrogen and oxygen atoms in total. The van der Waals surface area contributed by atoms with E-state index in [1.54, 1.807) is 0 Å². The summed E-state index contributed by atoms with van der Waals surface area (Å²) in [4.78, 5) is 2.37. The van der Waals surface area contributed by atoms with Crippen molar-refractivity contribution in [2.75, 3.05) is 4.90 Å². The van der Waals surface area contributed by atoms with Gasteiger partial charge in [-0.05, 0) is 181 Å². The van der Waals surface area contributed by atoms with E-state index in [1.807, 2.05) is 0 Å². The number of fused-ring (bicyclic) bond motifs is 6. The molecule has 408 valence electrons. The molecule has 2 heterocycles. The maximum absolute atomic E-state index is 2.39. The molecule has 0 amide bonds. The van der Waals surface area contributed by atoms with Gasteiger partial charge in [-0.3, -0.25) is 0 Å². The minimum absolute atomic E-state index is 1.07. The van der Waals surface area contributed by atoms with Gasteiger partial charge in [-0.1, -0.05) is 243 Å². The van der Waals surface area contributed by atoms with E-state index in [0.29, 0.717) is 0 Å². The average molecular weight is 1110 g/mol. The number of hydrogen-bond acceptors (Lipinski definition) is 1. The van der Waals surface area contributed by atoms with Crippen molar-refractivity contribution in [1.82, 2.24) is 9.13 Å². The summed E-state index contributed by atoms with van der Waals surface area (Å²) >= 11 is 0. The number of para-hydroxylation sites is 4. The van der Waals surface area contributed by atoms with Crippen molar-refractivity contribution in [2.24, 2.45) is 0 Å². The summed E-state index contributed by atoms with van der Waals surface area (Å²) < 4.78 is 4.77. The van der Waals surface area contributed by atoms with Crippen LogP contribution in [0.1, 0.15) is 0 Å². The van der Waals surface area contributed by atoms with E-state index in [1.165, 1.54) is 99.2 Å². The summed E-state index contributed by atoms with van der Waals surface area (Å²) in [5.41, 5.74) is 26.8. The summed E-state index contributed by atoms with van der Waals surface area (Å²) in [5, 5.41) is 5.04. The number of anilines is 3. The molecule has 0 bridgehead atoms. The van der Waals surface area contributed by atoms with Crippen LogP contribution < -0.4 is 4.90 Å². The Morgan fingerprint density at radius 2 is 0.379 bits per heavy atom. The average Bonchev–Trinajstić information content (AvgIpc) is 1.76. The van der Waals surface area contributed by atoms with Crippen LogP contribution >= 0.6 is 0 Å². The molecule has 0 saturated carbocycles. The van der Waals surface area contributed by atoms with Crippen LogP contribution in [0.2, 0.25) is 0 Å². The number of hydrogen-bond donors (Lipinski definition) is 0. The third-order valence-corrected chi connectivity index (χ3v) is 17.3. The number of rotatable bonds is 12. The predicted octanol–water partition coefficient (Wildman–Crippen LogP) is 23.0. The Morgan fingerprint density at radius 3 is 0.690 bits per heavy atom. The van der Waals surface area contributed by atoms with E-state index < -0.39 is 0 Å². The van der Waals surface area contributed by atoms with Crippen molar-refractivity contribution in [1.29, 1.82) is 0 Å². The van der Waals surface area contributed by atoms with E-state index in [2.05, 4.69) is 360 Å². The Labute approximate surface area is 506 Å². The molecule has 87 heavy (non-hydrogen) atoms. The highest BCUT2D eigenvalue weighted by Crippen LogP contribution is 2.41. The first-order valence-corrected chi connectivity index (χ1v) is 29.9. The second-order valence-electron chi connectivity index (χ2n) is 22.5. The molecule has 0 aliphatic carbocycles. The summed E-state index contributed by atoms with van der Waals surface area (Å²) in [6, 6.07) is 126. The maximum atomic E-state index is 2.39. The molecule has 16 aromatic rings. The van der Waals surface area contributed by atoms with Gasteiger partial charge >= 0.3 is 0 Å². The topological polar surface area (TPSA) is 13.1 Å². The van der Waals surface area contributed by atoms with Gasteiger partial charge in [0.1, 0.15) is 0 Å². The number of nitrogens with zero attached hydrogens (tertiary/aromatic N) is 3. The van der Waals surface area contributed by atoms with Crippen LogP contribution in [0.3, 0.4) is 0 Å². The SMILES string of the molecule is c1ccc(-c2cccc(-c3cccc(-c4ccc(N(c5ccc(-c6cccc(-c7ccc(-c8cccc(-n9c%10ccccc%10c%10ccccc%109)c8)cc7)c6)cc5)c5ccc(-c6cccc(-n7c8ccccc8c8ccccc87)c6)cc5)cc4)c3)c2)cc1. The van der Waals surface area contributed by atoms with Gasteiger partial charge in [-0.25, -0.2) is 0 Å². The third-order valence-electron chi connectivity index (χ3n) is 17.3. The van der Waals surface area contributed by atoms with E-state index in [-0.39, 0.29) is 0 Å². The van der Waals surface area contributed by atoms with Crippen molar-refractivity contribution in [2.45, 2.75) is 0 Å². The Bertz CT molecular complexity index is 5080. The van der Waals surface area contributed by atoms with E-state index >= 15 is 0 Å². The van der Waals surface area contributed by atoms with Crippen LogP contribution in [0.5, 0.6) is 0 Å². The first kappa shape index (κ1) is 51.1. The molecular weight excluding hydrogens is 1050 g/mol. The molecule has 0 atom stereocenters. The van der Waals surface area contributed by atoms with Crippen LogP contribution in [-0.2, 0) is 0 Å². The largest absolute Gasteiger partial charge is 0.311 e. The molecular formula is C84H57N3. The Kier molecular flexibility index (Phi) is 12.9. The quantitative estimate of drug-likeness (QED) is 0.119. The van der Waals surface area contributed by atoms with Crippen LogP contribution in [0.4, 0.5) is 17.1 Å². The summed E-state index contributed by atoms with van der Waals surface area (Å²) in [6.07, 6.45) is 0. The Balaban J connectivity index is 0.705. The molecule has 0 fully saturated rings. The zero-order chi connectivity index (χ0) is 57.6. The minimum Gasteiger partial charge on any atom is -0.311 e. The molecule has 0 N–H and O–H groups in total. The first-order chi connectivity index (χ1) is 43.1. The molecule has 16 rings (SSSR count). The predicted molar refractivity (Wildman–Crippen MR) is 368 cm³/mol. The van der Waals surface area contributed by atoms with Gasteiger partial charge in [0.15, 0.2) is 0 Å². The lowest BCUT2D eigenvalue weighted by molar-refractivity contribution is 1.18. The summed E-state index contributed by atoms with van der Waals surface area (Å²) in [5.74, 6) is 0. The van der Waals surface area contributed by atoms with Gasteiger partial charge in [0.05, 0.1) is 22.1 Å². The lowest BCUT2D eigenvalue weighted by atomic mass is 9.96. The van der Waals surface area contributed by atoms with Crippen molar-refractivity contribution in [3.8, 4) is 89.3 Å². The molecule has 0 radical (unpaired) electrons. The molecule has 3 heteroatoms. The lowest BCUT2D eigenvalue weighted by Crippen LogP contribution is -2.09. The van der Waals surface area contributed by atoms with E-state index in [9.17, 15) is 0 Å². The standard InChI is InChI=1S/C84H57N3/c1-2-17-58(18-3-1)64-19-13-23-68(54-64)69-24-14-22-67(55-69)62-43-49-73(50-44-62)85(74-51-45-63(46-52-74)71-26-16-28-76(57-71)87-83-35-10-6-31-79(83)80-32-7-11-36-84(80)87)72-47-41-61(42-48-72)66-21-12-20-65(53-66)59-37-39-60(40-38-59)70-25-15-27-75(56-70)86-81-33-8-4-29-77(81)78-30-5-9-34-82(78)86/h1-57H. The van der Waals surface area contributed by atoms with Crippen molar-refractivity contribution in [3.63, 3.8) is 0 Å². The molecule has 2 aromatic heterocycles. The van der Waals surface area contributed by atoms with Crippen LogP contribution in [0.25, 0.3) is 133 Å². The fourth-order valence-corrected chi connectivity index (χ4v) is 13.0. The van der Waals surface area contributed by atoms with Crippen LogP contribution in [0, 0.1) is 0 Å². The highest BCUT2D eigenvalue weighted by molar-refractivity contribution is 6.10. The fraction of sp³-hybridized carbons (Fsp3) is 0. The maximum Gasteiger partial charge on any atom is 0.0541 e. The number of benzene rings is 14.